The lowest BCUT2D eigenvalue weighted by Gasteiger charge is -2.34. The number of hydrogen-bond donors (Lipinski definition) is 2. The molecule has 0 radical (unpaired) electrons. The average molecular weight is 696 g/mol. The Morgan fingerprint density at radius 3 is 2.17 bits per heavy atom. The molecule has 1 aliphatic rings. The fourth-order valence-electron chi connectivity index (χ4n) is 4.64. The van der Waals surface area contributed by atoms with Gasteiger partial charge in [0.05, 0.1) is 27.7 Å². The highest BCUT2D eigenvalue weighted by Crippen LogP contribution is 2.31. The summed E-state index contributed by atoms with van der Waals surface area (Å²) in [6.07, 6.45) is -2.96. The van der Waals surface area contributed by atoms with Gasteiger partial charge < -0.3 is 20.1 Å². The predicted molar refractivity (Wildman–Crippen MR) is 164 cm³/mol. The zero-order valence-electron chi connectivity index (χ0n) is 25.3. The van der Waals surface area contributed by atoms with E-state index in [1.54, 1.807) is 18.2 Å². The van der Waals surface area contributed by atoms with Crippen LogP contribution in [0.15, 0.2) is 77.8 Å². The molecule has 4 aromatic rings. The number of anilines is 1. The number of carboxylic acid groups (broad SMARTS) is 1. The summed E-state index contributed by atoms with van der Waals surface area (Å²) < 4.78 is 94.0. The number of benzene rings is 3. The Hall–Kier alpha value is -4.90. The van der Waals surface area contributed by atoms with Crippen LogP contribution in [0.25, 0.3) is 11.0 Å². The van der Waals surface area contributed by atoms with Gasteiger partial charge in [0.2, 0.25) is 16.4 Å². The molecular formula is C31H30F5N5O6S. The van der Waals surface area contributed by atoms with Crippen molar-refractivity contribution in [2.75, 3.05) is 31.1 Å². The first-order valence-electron chi connectivity index (χ1n) is 14.4. The number of aromatic nitrogens is 2. The van der Waals surface area contributed by atoms with Crippen molar-refractivity contribution in [3.05, 3.63) is 89.6 Å². The molecule has 2 N–H and O–H groups in total. The zero-order chi connectivity index (χ0) is 35.1. The molecule has 11 nitrogen and oxygen atoms in total. The van der Waals surface area contributed by atoms with Crippen molar-refractivity contribution in [2.24, 2.45) is 0 Å². The van der Waals surface area contributed by atoms with E-state index in [2.05, 4.69) is 20.0 Å². The molecule has 0 spiro atoms. The van der Waals surface area contributed by atoms with Crippen LogP contribution in [0, 0.1) is 0 Å². The van der Waals surface area contributed by atoms with E-state index >= 15 is 0 Å². The third kappa shape index (κ3) is 9.13. The first-order chi connectivity index (χ1) is 22.6. The van der Waals surface area contributed by atoms with Gasteiger partial charge in [-0.2, -0.15) is 4.31 Å². The van der Waals surface area contributed by atoms with Crippen molar-refractivity contribution in [3.63, 3.8) is 0 Å². The molecule has 0 saturated carbocycles. The Bertz CT molecular complexity index is 1830. The summed E-state index contributed by atoms with van der Waals surface area (Å²) >= 11 is 0. The molecule has 48 heavy (non-hydrogen) atoms. The molecule has 2 heterocycles. The number of hydrogen-bond acceptors (Lipinski definition) is 8. The number of aromatic carboxylic acids is 1. The highest BCUT2D eigenvalue weighted by atomic mass is 32.2. The summed E-state index contributed by atoms with van der Waals surface area (Å²) in [5.41, 5.74) is 1.83. The second-order valence-electron chi connectivity index (χ2n) is 10.4. The standard InChI is InChI=1S/C20H17F3N4O5S.C11H13F2NO/c21-20(22,23)32-14-2-4-15(5-3-14)33(30,31)27-9-7-26(8-10-27)18-12-24-16-6-1-13(19(28)29)11-17(16)25-18;1-2-11(12,13)10-5-3-9(4-6-10)7-14-8-15/h1-6,11-12H,7-10H2,(H,28,29);3-6,8H,2,7H2,1H3,(H,14,15). The highest BCUT2D eigenvalue weighted by Gasteiger charge is 2.32. The van der Waals surface area contributed by atoms with Crippen molar-refractivity contribution in [1.82, 2.24) is 19.6 Å². The van der Waals surface area contributed by atoms with Crippen molar-refractivity contribution in [1.29, 1.82) is 0 Å². The number of carbonyl (C=O) groups is 2. The van der Waals surface area contributed by atoms with E-state index in [4.69, 9.17) is 5.11 Å². The van der Waals surface area contributed by atoms with Gasteiger partial charge in [0.15, 0.2) is 0 Å². The summed E-state index contributed by atoms with van der Waals surface area (Å²) in [5.74, 6) is -3.87. The highest BCUT2D eigenvalue weighted by molar-refractivity contribution is 7.89. The molecular weight excluding hydrogens is 665 g/mol. The number of nitrogens with one attached hydrogen (secondary N) is 1. The normalized spacial score (nSPS) is 14.2. The van der Waals surface area contributed by atoms with Crippen LogP contribution in [0.2, 0.25) is 0 Å². The quantitative estimate of drug-likeness (QED) is 0.170. The number of carboxylic acids is 1. The number of ether oxygens (including phenoxy) is 1. The number of piperazine rings is 1. The number of alkyl halides is 5. The molecule has 1 amide bonds. The van der Waals surface area contributed by atoms with Crippen LogP contribution < -0.4 is 15.0 Å². The molecule has 5 rings (SSSR count). The Balaban J connectivity index is 0.000000291. The van der Waals surface area contributed by atoms with Gasteiger partial charge in [-0.1, -0.05) is 31.2 Å². The minimum Gasteiger partial charge on any atom is -0.478 e. The minimum atomic E-state index is -4.86. The fraction of sp³-hybridized carbons (Fsp3) is 0.290. The zero-order valence-corrected chi connectivity index (χ0v) is 26.1. The summed E-state index contributed by atoms with van der Waals surface area (Å²) in [6.45, 7) is 2.65. The van der Waals surface area contributed by atoms with Crippen molar-refractivity contribution < 1.29 is 49.8 Å². The van der Waals surface area contributed by atoms with E-state index in [1.165, 1.54) is 41.7 Å². The Morgan fingerprint density at radius 1 is 0.958 bits per heavy atom. The van der Waals surface area contributed by atoms with Gasteiger partial charge in [0, 0.05) is 44.7 Å². The van der Waals surface area contributed by atoms with Crippen LogP contribution in [0.3, 0.4) is 0 Å². The van der Waals surface area contributed by atoms with Gasteiger partial charge >= 0.3 is 12.3 Å². The van der Waals surface area contributed by atoms with Crippen molar-refractivity contribution in [3.8, 4) is 5.75 Å². The van der Waals surface area contributed by atoms with Crippen LogP contribution in [-0.2, 0) is 27.3 Å². The molecule has 0 atom stereocenters. The molecule has 1 saturated heterocycles. The van der Waals surface area contributed by atoms with E-state index in [-0.39, 0.29) is 35.5 Å². The van der Waals surface area contributed by atoms with Crippen LogP contribution >= 0.6 is 0 Å². The van der Waals surface area contributed by atoms with Crippen LogP contribution in [0.1, 0.15) is 34.8 Å². The van der Waals surface area contributed by atoms with E-state index in [9.17, 15) is 40.0 Å². The SMILES string of the molecule is CCC(F)(F)c1ccc(CNC=O)cc1.O=C(O)c1ccc2ncc(N3CCN(S(=O)(=O)c4ccc(OC(F)(F)F)cc4)CC3)nc2c1. The smallest absolute Gasteiger partial charge is 0.478 e. The maximum Gasteiger partial charge on any atom is 0.573 e. The minimum absolute atomic E-state index is 0.0138. The average Bonchev–Trinajstić information content (AvgIpc) is 3.07. The van der Waals surface area contributed by atoms with E-state index in [0.717, 1.165) is 29.8 Å². The van der Waals surface area contributed by atoms with Gasteiger partial charge in [0.1, 0.15) is 11.6 Å². The summed E-state index contributed by atoms with van der Waals surface area (Å²) in [6, 6.07) is 14.4. The maximum absolute atomic E-state index is 13.2. The van der Waals surface area contributed by atoms with Crippen LogP contribution in [0.4, 0.5) is 27.8 Å². The van der Waals surface area contributed by atoms with E-state index < -0.39 is 34.0 Å². The summed E-state index contributed by atoms with van der Waals surface area (Å²) in [7, 11) is -3.91. The van der Waals surface area contributed by atoms with Crippen molar-refractivity contribution in [2.45, 2.75) is 37.1 Å². The predicted octanol–water partition coefficient (Wildman–Crippen LogP) is 5.17. The van der Waals surface area contributed by atoms with Crippen molar-refractivity contribution >= 4 is 39.3 Å². The summed E-state index contributed by atoms with van der Waals surface area (Å²) in [4.78, 5) is 31.6. The fourth-order valence-corrected chi connectivity index (χ4v) is 6.06. The lowest BCUT2D eigenvalue weighted by Crippen LogP contribution is -2.48. The monoisotopic (exact) mass is 695 g/mol. The van der Waals surface area contributed by atoms with Crippen LogP contribution in [-0.4, -0.2) is 72.7 Å². The molecule has 0 unspecified atom stereocenters. The van der Waals surface area contributed by atoms with Gasteiger partial charge in [-0.05, 0) is 48.0 Å². The third-order valence-corrected chi connectivity index (χ3v) is 9.16. The van der Waals surface area contributed by atoms with E-state index in [1.807, 2.05) is 4.90 Å². The third-order valence-electron chi connectivity index (χ3n) is 7.24. The van der Waals surface area contributed by atoms with Gasteiger partial charge in [-0.15, -0.1) is 13.2 Å². The first-order valence-corrected chi connectivity index (χ1v) is 15.8. The number of fused-ring (bicyclic) bond motifs is 1. The molecule has 17 heteroatoms. The largest absolute Gasteiger partial charge is 0.573 e. The number of amides is 1. The number of carbonyl (C=O) groups excluding carboxylic acids is 1. The molecule has 256 valence electrons. The number of sulfonamides is 1. The molecule has 3 aromatic carbocycles. The first kappa shape index (κ1) is 35.9. The molecule has 0 bridgehead atoms. The maximum atomic E-state index is 13.2. The number of nitrogens with zero attached hydrogens (tertiary/aromatic N) is 4. The Morgan fingerprint density at radius 2 is 1.60 bits per heavy atom. The number of rotatable bonds is 10. The molecule has 0 aliphatic carbocycles. The van der Waals surface area contributed by atoms with Gasteiger partial charge in [-0.3, -0.25) is 9.78 Å². The van der Waals surface area contributed by atoms with Gasteiger partial charge in [-0.25, -0.2) is 27.0 Å². The molecule has 1 fully saturated rings. The second-order valence-corrected chi connectivity index (χ2v) is 12.3. The lowest BCUT2D eigenvalue weighted by molar-refractivity contribution is -0.274. The molecule has 1 aliphatic heterocycles. The van der Waals surface area contributed by atoms with E-state index in [0.29, 0.717) is 42.9 Å². The topological polar surface area (TPSA) is 142 Å². The molecule has 1 aromatic heterocycles. The lowest BCUT2D eigenvalue weighted by atomic mass is 10.0. The second kappa shape index (κ2) is 14.9. The van der Waals surface area contributed by atoms with Crippen LogP contribution in [0.5, 0.6) is 5.75 Å². The van der Waals surface area contributed by atoms with Gasteiger partial charge in [0.25, 0.3) is 5.92 Å². The Labute approximate surface area is 272 Å². The number of halogens is 5. The Kier molecular flexibility index (Phi) is 11.2. The summed E-state index contributed by atoms with van der Waals surface area (Å²) in [5, 5.41) is 11.6.